The van der Waals surface area contributed by atoms with Gasteiger partial charge in [0.15, 0.2) is 0 Å². The Labute approximate surface area is 90.1 Å². The fourth-order valence-corrected chi connectivity index (χ4v) is 1.95. The summed E-state index contributed by atoms with van der Waals surface area (Å²) in [5, 5.41) is 3.52. The molecule has 0 radical (unpaired) electrons. The van der Waals surface area contributed by atoms with E-state index in [1.807, 2.05) is 0 Å². The summed E-state index contributed by atoms with van der Waals surface area (Å²) in [7, 11) is 2.24. The van der Waals surface area contributed by atoms with E-state index in [4.69, 9.17) is 0 Å². The molecule has 0 saturated carbocycles. The Morgan fingerprint density at radius 3 is 2.14 bits per heavy atom. The Bertz CT molecular complexity index is 121. The highest BCUT2D eigenvalue weighted by atomic mass is 15.1. The summed E-state index contributed by atoms with van der Waals surface area (Å²) >= 11 is 0. The van der Waals surface area contributed by atoms with Crippen LogP contribution in [0.3, 0.4) is 0 Å². The third kappa shape index (κ3) is 5.61. The summed E-state index contributed by atoms with van der Waals surface area (Å²) < 4.78 is 0. The molecule has 0 aliphatic rings. The third-order valence-corrected chi connectivity index (χ3v) is 2.87. The molecule has 0 rings (SSSR count). The molecule has 0 heterocycles. The van der Waals surface area contributed by atoms with Crippen LogP contribution in [0.15, 0.2) is 0 Å². The normalized spacial score (nSPS) is 13.9. The molecule has 0 fully saturated rings. The van der Waals surface area contributed by atoms with Gasteiger partial charge in [-0.15, -0.1) is 0 Å². The molecule has 0 bridgehead atoms. The van der Waals surface area contributed by atoms with Crippen LogP contribution < -0.4 is 5.32 Å². The molecule has 0 spiro atoms. The van der Waals surface area contributed by atoms with E-state index in [9.17, 15) is 0 Å². The van der Waals surface area contributed by atoms with Crippen molar-refractivity contribution in [2.24, 2.45) is 0 Å². The number of hydrogen-bond donors (Lipinski definition) is 1. The summed E-state index contributed by atoms with van der Waals surface area (Å²) in [5.74, 6) is 0. The topological polar surface area (TPSA) is 15.3 Å². The van der Waals surface area contributed by atoms with E-state index in [2.05, 4.69) is 45.0 Å². The van der Waals surface area contributed by atoms with E-state index in [0.29, 0.717) is 6.04 Å². The van der Waals surface area contributed by atoms with Crippen molar-refractivity contribution in [2.45, 2.75) is 59.0 Å². The van der Waals surface area contributed by atoms with E-state index in [1.165, 1.54) is 19.3 Å². The lowest BCUT2D eigenvalue weighted by Gasteiger charge is -2.29. The van der Waals surface area contributed by atoms with Gasteiger partial charge in [-0.25, -0.2) is 0 Å². The Morgan fingerprint density at radius 1 is 1.14 bits per heavy atom. The fraction of sp³-hybridized carbons (Fsp3) is 1.00. The molecule has 86 valence electrons. The van der Waals surface area contributed by atoms with E-state index >= 15 is 0 Å². The third-order valence-electron chi connectivity index (χ3n) is 2.87. The van der Waals surface area contributed by atoms with Crippen LogP contribution in [0.1, 0.15) is 47.0 Å². The molecule has 0 aliphatic heterocycles. The van der Waals surface area contributed by atoms with Gasteiger partial charge in [-0.05, 0) is 39.8 Å². The highest BCUT2D eigenvalue weighted by Gasteiger charge is 2.12. The highest BCUT2D eigenvalue weighted by molar-refractivity contribution is 4.70. The maximum absolute atomic E-state index is 3.52. The van der Waals surface area contributed by atoms with E-state index in [-0.39, 0.29) is 0 Å². The molecule has 1 N–H and O–H groups in total. The van der Waals surface area contributed by atoms with Crippen molar-refractivity contribution >= 4 is 0 Å². The summed E-state index contributed by atoms with van der Waals surface area (Å²) in [6, 6.07) is 1.36. The molecule has 2 heteroatoms. The van der Waals surface area contributed by atoms with E-state index < -0.39 is 0 Å². The van der Waals surface area contributed by atoms with Crippen molar-refractivity contribution in [2.75, 3.05) is 20.1 Å². The molecule has 1 unspecified atom stereocenters. The zero-order valence-electron chi connectivity index (χ0n) is 10.6. The predicted molar refractivity (Wildman–Crippen MR) is 64.8 cm³/mol. The van der Waals surface area contributed by atoms with Crippen LogP contribution in [0, 0.1) is 0 Å². The van der Waals surface area contributed by atoms with Gasteiger partial charge < -0.3 is 10.2 Å². The Kier molecular flexibility index (Phi) is 8.20. The van der Waals surface area contributed by atoms with Crippen LogP contribution in [-0.4, -0.2) is 37.1 Å². The fourth-order valence-electron chi connectivity index (χ4n) is 1.95. The first-order valence-corrected chi connectivity index (χ1v) is 6.09. The van der Waals surface area contributed by atoms with Crippen molar-refractivity contribution in [3.05, 3.63) is 0 Å². The summed E-state index contributed by atoms with van der Waals surface area (Å²) in [6.45, 7) is 11.3. The quantitative estimate of drug-likeness (QED) is 0.647. The maximum atomic E-state index is 3.52. The Balaban J connectivity index is 3.73. The zero-order valence-corrected chi connectivity index (χ0v) is 10.6. The van der Waals surface area contributed by atoms with Crippen LogP contribution in [0.2, 0.25) is 0 Å². The first kappa shape index (κ1) is 13.9. The van der Waals surface area contributed by atoms with Crippen molar-refractivity contribution in [1.82, 2.24) is 10.2 Å². The van der Waals surface area contributed by atoms with Gasteiger partial charge in [-0.2, -0.15) is 0 Å². The van der Waals surface area contributed by atoms with Crippen LogP contribution in [-0.2, 0) is 0 Å². The standard InChI is InChI=1S/C12H28N2/c1-6-9-13-11(4)10-14(5)12(7-2)8-3/h11-13H,6-10H2,1-5H3. The maximum Gasteiger partial charge on any atom is 0.0166 e. The zero-order chi connectivity index (χ0) is 11.0. The van der Waals surface area contributed by atoms with Crippen molar-refractivity contribution in [3.8, 4) is 0 Å². The van der Waals surface area contributed by atoms with Gasteiger partial charge in [0.05, 0.1) is 0 Å². The predicted octanol–water partition coefficient (Wildman–Crippen LogP) is 2.49. The van der Waals surface area contributed by atoms with Gasteiger partial charge in [-0.1, -0.05) is 20.8 Å². The first-order valence-electron chi connectivity index (χ1n) is 6.09. The van der Waals surface area contributed by atoms with Crippen molar-refractivity contribution < 1.29 is 0 Å². The second-order valence-electron chi connectivity index (χ2n) is 4.27. The minimum Gasteiger partial charge on any atom is -0.313 e. The van der Waals surface area contributed by atoms with E-state index in [0.717, 1.165) is 19.1 Å². The summed E-state index contributed by atoms with van der Waals surface area (Å²) in [5.41, 5.74) is 0. The molecule has 0 aromatic rings. The number of nitrogens with one attached hydrogen (secondary N) is 1. The molecular weight excluding hydrogens is 172 g/mol. The summed E-state index contributed by atoms with van der Waals surface area (Å²) in [6.07, 6.45) is 3.74. The van der Waals surface area contributed by atoms with Gasteiger partial charge in [0, 0.05) is 18.6 Å². The molecule has 0 saturated heterocycles. The second-order valence-corrected chi connectivity index (χ2v) is 4.27. The van der Waals surface area contributed by atoms with Crippen LogP contribution in [0.25, 0.3) is 0 Å². The molecule has 0 aromatic heterocycles. The van der Waals surface area contributed by atoms with Gasteiger partial charge in [-0.3, -0.25) is 0 Å². The molecule has 0 amide bonds. The monoisotopic (exact) mass is 200 g/mol. The lowest BCUT2D eigenvalue weighted by atomic mass is 10.1. The first-order chi connectivity index (χ1) is 6.65. The van der Waals surface area contributed by atoms with Gasteiger partial charge in [0.1, 0.15) is 0 Å². The highest BCUT2D eigenvalue weighted by Crippen LogP contribution is 2.06. The van der Waals surface area contributed by atoms with Crippen LogP contribution >= 0.6 is 0 Å². The molecule has 0 aromatic carbocycles. The smallest absolute Gasteiger partial charge is 0.0166 e. The largest absolute Gasteiger partial charge is 0.313 e. The molecular formula is C12H28N2. The molecule has 1 atom stereocenters. The van der Waals surface area contributed by atoms with E-state index in [1.54, 1.807) is 0 Å². The molecule has 14 heavy (non-hydrogen) atoms. The number of likely N-dealkylation sites (N-methyl/N-ethyl adjacent to an activating group) is 1. The number of rotatable bonds is 8. The lowest BCUT2D eigenvalue weighted by molar-refractivity contribution is 0.210. The Hall–Kier alpha value is -0.0800. The molecule has 0 aliphatic carbocycles. The minimum atomic E-state index is 0.612. The van der Waals surface area contributed by atoms with Gasteiger partial charge in [0.25, 0.3) is 0 Å². The van der Waals surface area contributed by atoms with Crippen LogP contribution in [0.5, 0.6) is 0 Å². The second kappa shape index (κ2) is 8.25. The lowest BCUT2D eigenvalue weighted by Crippen LogP contribution is -2.42. The minimum absolute atomic E-state index is 0.612. The van der Waals surface area contributed by atoms with Gasteiger partial charge in [0.2, 0.25) is 0 Å². The van der Waals surface area contributed by atoms with Gasteiger partial charge >= 0.3 is 0 Å². The number of nitrogens with zero attached hydrogens (tertiary/aromatic N) is 1. The SMILES string of the molecule is CCCNC(C)CN(C)C(CC)CC. The molecule has 2 nitrogen and oxygen atoms in total. The average molecular weight is 200 g/mol. The Morgan fingerprint density at radius 2 is 1.71 bits per heavy atom. The number of hydrogen-bond acceptors (Lipinski definition) is 2. The average Bonchev–Trinajstić information content (AvgIpc) is 2.16. The van der Waals surface area contributed by atoms with Crippen molar-refractivity contribution in [3.63, 3.8) is 0 Å². The van der Waals surface area contributed by atoms with Crippen molar-refractivity contribution in [1.29, 1.82) is 0 Å². The van der Waals surface area contributed by atoms with Crippen LogP contribution in [0.4, 0.5) is 0 Å². The summed E-state index contributed by atoms with van der Waals surface area (Å²) in [4.78, 5) is 2.48.